The van der Waals surface area contributed by atoms with Crippen LogP contribution in [-0.2, 0) is 15.4 Å². The quantitative estimate of drug-likeness (QED) is 0.708. The van der Waals surface area contributed by atoms with E-state index >= 15 is 0 Å². The molecular formula is C17H27F2N3O4. The molecule has 1 rings (SSSR count). The number of carbonyl (C=O) groups excluding carboxylic acids is 2. The lowest BCUT2D eigenvalue weighted by molar-refractivity contribution is 0.0126. The molecule has 2 N–H and O–H groups in total. The van der Waals surface area contributed by atoms with Crippen molar-refractivity contribution in [3.8, 4) is 0 Å². The fourth-order valence-electron chi connectivity index (χ4n) is 2.16. The Kier molecular flexibility index (Phi) is 7.11. The van der Waals surface area contributed by atoms with Gasteiger partial charge in [-0.25, -0.2) is 9.59 Å². The number of alkyl halides is 2. The summed E-state index contributed by atoms with van der Waals surface area (Å²) in [6, 6.07) is 0.468. The zero-order valence-electron chi connectivity index (χ0n) is 16.0. The standard InChI is InChI=1S/C17H27F2N3O4/c1-7-8-11(20-15(24)26-16(3,4)5)10(2)25-14(23)12-9-13(22-21-12)17(6,18)19/h9-11H,7-8H2,1-6H3,(H,20,24)(H,21,22)/t10?,11-/m1/s1. The average molecular weight is 375 g/mol. The summed E-state index contributed by atoms with van der Waals surface area (Å²) in [6.07, 6.45) is -0.0347. The van der Waals surface area contributed by atoms with Crippen LogP contribution in [0.15, 0.2) is 6.07 Å². The molecule has 0 aliphatic heterocycles. The Hall–Kier alpha value is -2.19. The number of alkyl carbamates (subject to hydrolysis) is 1. The molecule has 0 aromatic carbocycles. The van der Waals surface area contributed by atoms with Gasteiger partial charge in [0.2, 0.25) is 0 Å². The van der Waals surface area contributed by atoms with Gasteiger partial charge >= 0.3 is 12.1 Å². The van der Waals surface area contributed by atoms with Crippen molar-refractivity contribution in [2.75, 3.05) is 0 Å². The number of hydrogen-bond acceptors (Lipinski definition) is 5. The SMILES string of the molecule is CCC[C@@H](NC(=O)OC(C)(C)C)C(C)OC(=O)c1cc(C(C)(F)F)[nH]n1. The van der Waals surface area contributed by atoms with Crippen LogP contribution >= 0.6 is 0 Å². The molecule has 0 aliphatic rings. The molecule has 9 heteroatoms. The van der Waals surface area contributed by atoms with Crippen molar-refractivity contribution in [3.63, 3.8) is 0 Å². The monoisotopic (exact) mass is 375 g/mol. The molecule has 148 valence electrons. The van der Waals surface area contributed by atoms with Crippen LogP contribution < -0.4 is 5.32 Å². The van der Waals surface area contributed by atoms with E-state index in [-0.39, 0.29) is 5.69 Å². The molecule has 0 saturated heterocycles. The number of hydrogen-bond donors (Lipinski definition) is 2. The van der Waals surface area contributed by atoms with Gasteiger partial charge in [-0.1, -0.05) is 13.3 Å². The Balaban J connectivity index is 2.74. The summed E-state index contributed by atoms with van der Waals surface area (Å²) in [7, 11) is 0. The average Bonchev–Trinajstić information content (AvgIpc) is 2.94. The third kappa shape index (κ3) is 6.97. The highest BCUT2D eigenvalue weighted by atomic mass is 19.3. The van der Waals surface area contributed by atoms with Gasteiger partial charge in [0.1, 0.15) is 17.4 Å². The lowest BCUT2D eigenvalue weighted by atomic mass is 10.1. The Bertz CT molecular complexity index is 620. The number of aromatic amines is 1. The number of ether oxygens (including phenoxy) is 2. The van der Waals surface area contributed by atoms with E-state index in [1.54, 1.807) is 27.7 Å². The van der Waals surface area contributed by atoms with E-state index in [1.165, 1.54) is 0 Å². The van der Waals surface area contributed by atoms with Gasteiger partial charge in [0.15, 0.2) is 5.69 Å². The van der Waals surface area contributed by atoms with Gasteiger partial charge in [0.05, 0.1) is 6.04 Å². The minimum absolute atomic E-state index is 0.249. The van der Waals surface area contributed by atoms with Crippen LogP contribution in [0, 0.1) is 0 Å². The van der Waals surface area contributed by atoms with Crippen LogP contribution in [0.5, 0.6) is 0 Å². The second kappa shape index (κ2) is 8.46. The lowest BCUT2D eigenvalue weighted by Crippen LogP contribution is -2.45. The van der Waals surface area contributed by atoms with Gasteiger partial charge in [-0.05, 0) is 34.1 Å². The highest BCUT2D eigenvalue weighted by Gasteiger charge is 2.30. The van der Waals surface area contributed by atoms with Crippen molar-refractivity contribution in [3.05, 3.63) is 17.5 Å². The van der Waals surface area contributed by atoms with Gasteiger partial charge in [0.25, 0.3) is 5.92 Å². The van der Waals surface area contributed by atoms with Crippen LogP contribution in [-0.4, -0.2) is 40.0 Å². The first-order chi connectivity index (χ1) is 11.8. The van der Waals surface area contributed by atoms with Crippen molar-refractivity contribution < 1.29 is 27.8 Å². The van der Waals surface area contributed by atoms with E-state index in [9.17, 15) is 18.4 Å². The van der Waals surface area contributed by atoms with Crippen LogP contribution in [0.25, 0.3) is 0 Å². The van der Waals surface area contributed by atoms with Gasteiger partial charge in [-0.2, -0.15) is 13.9 Å². The number of halogens is 2. The summed E-state index contributed by atoms with van der Waals surface area (Å²) in [5.41, 5.74) is -1.38. The van der Waals surface area contributed by atoms with E-state index in [0.717, 1.165) is 12.5 Å². The second-order valence-electron chi connectivity index (χ2n) is 7.21. The molecule has 26 heavy (non-hydrogen) atoms. The number of nitrogens with one attached hydrogen (secondary N) is 2. The molecular weight excluding hydrogens is 348 g/mol. The topological polar surface area (TPSA) is 93.3 Å². The second-order valence-corrected chi connectivity index (χ2v) is 7.21. The molecule has 0 saturated carbocycles. The Labute approximate surface area is 151 Å². The maximum Gasteiger partial charge on any atom is 0.408 e. The van der Waals surface area contributed by atoms with E-state index in [0.29, 0.717) is 13.3 Å². The van der Waals surface area contributed by atoms with Crippen LogP contribution in [0.3, 0.4) is 0 Å². The molecule has 0 fully saturated rings. The van der Waals surface area contributed by atoms with Crippen molar-refractivity contribution in [2.45, 2.75) is 78.1 Å². The number of nitrogens with zero attached hydrogens (tertiary/aromatic N) is 1. The third-order valence-corrected chi connectivity index (χ3v) is 3.42. The van der Waals surface area contributed by atoms with Crippen molar-refractivity contribution in [2.24, 2.45) is 0 Å². The maximum absolute atomic E-state index is 13.2. The highest BCUT2D eigenvalue weighted by molar-refractivity contribution is 5.87. The van der Waals surface area contributed by atoms with Crippen LogP contribution in [0.4, 0.5) is 13.6 Å². The van der Waals surface area contributed by atoms with Crippen molar-refractivity contribution >= 4 is 12.1 Å². The fourth-order valence-corrected chi connectivity index (χ4v) is 2.16. The molecule has 1 aromatic rings. The summed E-state index contributed by atoms with van der Waals surface area (Å²) in [4.78, 5) is 24.1. The van der Waals surface area contributed by atoms with Crippen LogP contribution in [0.2, 0.25) is 0 Å². The van der Waals surface area contributed by atoms with Crippen LogP contribution in [0.1, 0.15) is 70.6 Å². The third-order valence-electron chi connectivity index (χ3n) is 3.42. The van der Waals surface area contributed by atoms with Crippen molar-refractivity contribution in [1.29, 1.82) is 0 Å². The van der Waals surface area contributed by atoms with Gasteiger partial charge < -0.3 is 14.8 Å². The van der Waals surface area contributed by atoms with Gasteiger partial charge in [0, 0.05) is 13.0 Å². The molecule has 0 spiro atoms. The summed E-state index contributed by atoms with van der Waals surface area (Å²) < 4.78 is 36.9. The number of rotatable bonds is 7. The molecule has 0 bridgehead atoms. The Morgan fingerprint density at radius 3 is 2.38 bits per heavy atom. The summed E-state index contributed by atoms with van der Waals surface area (Å²) >= 11 is 0. The molecule has 1 amide bonds. The van der Waals surface area contributed by atoms with E-state index in [1.807, 2.05) is 6.92 Å². The summed E-state index contributed by atoms with van der Waals surface area (Å²) in [5.74, 6) is -3.99. The Morgan fingerprint density at radius 2 is 1.92 bits per heavy atom. The zero-order valence-corrected chi connectivity index (χ0v) is 16.0. The first-order valence-electron chi connectivity index (χ1n) is 8.47. The van der Waals surface area contributed by atoms with E-state index < -0.39 is 41.4 Å². The molecule has 7 nitrogen and oxygen atoms in total. The minimum atomic E-state index is -3.14. The number of carbonyl (C=O) groups is 2. The normalized spacial score (nSPS) is 14.5. The fraction of sp³-hybridized carbons (Fsp3) is 0.706. The van der Waals surface area contributed by atoms with E-state index in [4.69, 9.17) is 9.47 Å². The lowest BCUT2D eigenvalue weighted by Gasteiger charge is -2.27. The van der Waals surface area contributed by atoms with Gasteiger partial charge in [-0.15, -0.1) is 0 Å². The summed E-state index contributed by atoms with van der Waals surface area (Å²) in [6.45, 7) is 9.44. The number of H-pyrrole nitrogens is 1. The highest BCUT2D eigenvalue weighted by Crippen LogP contribution is 2.25. The van der Waals surface area contributed by atoms with E-state index in [2.05, 4.69) is 15.5 Å². The minimum Gasteiger partial charge on any atom is -0.456 e. The predicted octanol–water partition coefficient (Wildman–Crippen LogP) is 3.76. The molecule has 1 aromatic heterocycles. The number of aromatic nitrogens is 2. The predicted molar refractivity (Wildman–Crippen MR) is 91.1 cm³/mol. The molecule has 1 heterocycles. The number of esters is 1. The largest absolute Gasteiger partial charge is 0.456 e. The number of amides is 1. The first-order valence-corrected chi connectivity index (χ1v) is 8.47. The maximum atomic E-state index is 13.2. The van der Waals surface area contributed by atoms with Crippen molar-refractivity contribution in [1.82, 2.24) is 15.5 Å². The molecule has 1 unspecified atom stereocenters. The molecule has 2 atom stereocenters. The first kappa shape index (κ1) is 21.9. The smallest absolute Gasteiger partial charge is 0.408 e. The zero-order chi connectivity index (χ0) is 20.1. The summed E-state index contributed by atoms with van der Waals surface area (Å²) in [5, 5.41) is 8.35. The molecule has 0 aliphatic carbocycles. The Morgan fingerprint density at radius 1 is 1.31 bits per heavy atom. The van der Waals surface area contributed by atoms with Gasteiger partial charge in [-0.3, -0.25) is 5.10 Å². The molecule has 0 radical (unpaired) electrons.